The highest BCUT2D eigenvalue weighted by molar-refractivity contribution is 6.18. The van der Waals surface area contributed by atoms with Crippen molar-refractivity contribution in [3.8, 4) is 5.75 Å². The second kappa shape index (κ2) is 4.42. The first-order valence-corrected chi connectivity index (χ1v) is 5.68. The number of hydrogen-bond donors (Lipinski definition) is 1. The molecule has 87 valence electrons. The van der Waals surface area contributed by atoms with Gasteiger partial charge < -0.3 is 9.68 Å². The largest absolute Gasteiger partial charge is 0.569 e. The van der Waals surface area contributed by atoms with Gasteiger partial charge in [0.05, 0.1) is 0 Å². The summed E-state index contributed by atoms with van der Waals surface area (Å²) in [6.07, 6.45) is 0. The van der Waals surface area contributed by atoms with Crippen molar-refractivity contribution in [2.75, 3.05) is 0 Å². The summed E-state index contributed by atoms with van der Waals surface area (Å²) < 4.78 is 5.08. The first-order valence-electron chi connectivity index (χ1n) is 5.68. The SMILES string of the molecule is CC(C)(C)c1ccc2c(O[B]O)cccc2c1. The van der Waals surface area contributed by atoms with Crippen LogP contribution in [0.2, 0.25) is 0 Å². The number of benzene rings is 2. The van der Waals surface area contributed by atoms with Gasteiger partial charge >= 0.3 is 7.69 Å². The smallest absolute Gasteiger partial charge is 0.537 e. The van der Waals surface area contributed by atoms with Gasteiger partial charge in [0.15, 0.2) is 0 Å². The lowest BCUT2D eigenvalue weighted by molar-refractivity contribution is 0.456. The van der Waals surface area contributed by atoms with E-state index in [0.29, 0.717) is 13.4 Å². The van der Waals surface area contributed by atoms with Crippen molar-refractivity contribution >= 4 is 18.5 Å². The third-order valence-corrected chi connectivity index (χ3v) is 2.89. The average Bonchev–Trinajstić information content (AvgIpc) is 2.28. The van der Waals surface area contributed by atoms with Crippen molar-refractivity contribution in [3.63, 3.8) is 0 Å². The lowest BCUT2D eigenvalue weighted by atomic mass is 9.86. The minimum atomic E-state index is 0.133. The standard InChI is InChI=1S/C14H16BO2/c1-14(2,3)11-7-8-12-10(9-11)5-4-6-13(12)17-15-16/h4-9,16H,1-3H3. The van der Waals surface area contributed by atoms with Crippen LogP contribution in [0.15, 0.2) is 36.4 Å². The number of hydrogen-bond acceptors (Lipinski definition) is 2. The molecule has 3 heteroatoms. The normalized spacial score (nSPS) is 11.5. The molecule has 0 aliphatic carbocycles. The molecular formula is C14H16BO2. The highest BCUT2D eigenvalue weighted by Crippen LogP contribution is 2.30. The fourth-order valence-electron chi connectivity index (χ4n) is 1.88. The van der Waals surface area contributed by atoms with E-state index in [4.69, 9.17) is 9.68 Å². The molecule has 0 aliphatic heterocycles. The Kier molecular flexibility index (Phi) is 3.12. The van der Waals surface area contributed by atoms with Crippen molar-refractivity contribution in [3.05, 3.63) is 42.0 Å². The zero-order valence-corrected chi connectivity index (χ0v) is 10.4. The van der Waals surface area contributed by atoms with Gasteiger partial charge in [-0.2, -0.15) is 0 Å². The maximum absolute atomic E-state index is 8.72. The van der Waals surface area contributed by atoms with Gasteiger partial charge in [-0.05, 0) is 22.4 Å². The highest BCUT2D eigenvalue weighted by atomic mass is 16.5. The predicted octanol–water partition coefficient (Wildman–Crippen LogP) is 3.04. The molecular weight excluding hydrogens is 211 g/mol. The van der Waals surface area contributed by atoms with Gasteiger partial charge in [-0.15, -0.1) is 0 Å². The van der Waals surface area contributed by atoms with E-state index in [-0.39, 0.29) is 5.41 Å². The summed E-state index contributed by atoms with van der Waals surface area (Å²) in [6.45, 7) is 6.57. The summed E-state index contributed by atoms with van der Waals surface area (Å²) in [5.74, 6) is 0.672. The van der Waals surface area contributed by atoms with Crippen LogP contribution in [0.5, 0.6) is 5.75 Å². The van der Waals surface area contributed by atoms with Crippen LogP contribution in [0.1, 0.15) is 26.3 Å². The van der Waals surface area contributed by atoms with E-state index in [1.807, 2.05) is 18.2 Å². The van der Waals surface area contributed by atoms with E-state index in [9.17, 15) is 0 Å². The maximum Gasteiger partial charge on any atom is 0.569 e. The van der Waals surface area contributed by atoms with Crippen LogP contribution in [0.25, 0.3) is 10.8 Å². The summed E-state index contributed by atoms with van der Waals surface area (Å²) in [7, 11) is 0.715. The van der Waals surface area contributed by atoms with Gasteiger partial charge in [-0.25, -0.2) is 0 Å². The molecule has 2 rings (SSSR count). The molecule has 0 unspecified atom stereocenters. The third-order valence-electron chi connectivity index (χ3n) is 2.89. The minimum Gasteiger partial charge on any atom is -0.537 e. The van der Waals surface area contributed by atoms with Crippen molar-refractivity contribution in [2.24, 2.45) is 0 Å². The van der Waals surface area contributed by atoms with Gasteiger partial charge in [-0.1, -0.05) is 51.1 Å². The van der Waals surface area contributed by atoms with Crippen molar-refractivity contribution in [1.82, 2.24) is 0 Å². The zero-order chi connectivity index (χ0) is 12.5. The molecule has 0 saturated carbocycles. The summed E-state index contributed by atoms with van der Waals surface area (Å²) in [6, 6.07) is 12.1. The second-order valence-corrected chi connectivity index (χ2v) is 5.17. The first-order chi connectivity index (χ1) is 8.02. The molecule has 17 heavy (non-hydrogen) atoms. The maximum atomic E-state index is 8.72. The summed E-state index contributed by atoms with van der Waals surface area (Å²) in [4.78, 5) is 0. The molecule has 0 aliphatic rings. The summed E-state index contributed by atoms with van der Waals surface area (Å²) >= 11 is 0. The van der Waals surface area contributed by atoms with Gasteiger partial charge in [0.2, 0.25) is 0 Å². The Labute approximate surface area is 103 Å². The number of rotatable bonds is 2. The Balaban J connectivity index is 2.57. The van der Waals surface area contributed by atoms with Crippen molar-refractivity contribution < 1.29 is 9.68 Å². The minimum absolute atomic E-state index is 0.133. The Morgan fingerprint density at radius 3 is 2.53 bits per heavy atom. The highest BCUT2D eigenvalue weighted by Gasteiger charge is 2.14. The Bertz CT molecular complexity index is 529. The quantitative estimate of drug-likeness (QED) is 0.799. The van der Waals surface area contributed by atoms with E-state index >= 15 is 0 Å². The van der Waals surface area contributed by atoms with Crippen LogP contribution < -0.4 is 4.65 Å². The molecule has 0 atom stereocenters. The summed E-state index contributed by atoms with van der Waals surface area (Å²) in [5.41, 5.74) is 1.42. The molecule has 2 aromatic rings. The Morgan fingerprint density at radius 2 is 1.88 bits per heavy atom. The van der Waals surface area contributed by atoms with E-state index in [1.165, 1.54) is 5.56 Å². The molecule has 0 heterocycles. The number of fused-ring (bicyclic) bond motifs is 1. The molecule has 0 saturated heterocycles. The van der Waals surface area contributed by atoms with Crippen LogP contribution in [-0.2, 0) is 5.41 Å². The lowest BCUT2D eigenvalue weighted by Gasteiger charge is -2.19. The molecule has 0 aromatic heterocycles. The van der Waals surface area contributed by atoms with Crippen LogP contribution >= 0.6 is 0 Å². The second-order valence-electron chi connectivity index (χ2n) is 5.17. The van der Waals surface area contributed by atoms with E-state index in [2.05, 4.69) is 39.0 Å². The summed E-state index contributed by atoms with van der Waals surface area (Å²) in [5, 5.41) is 10.8. The van der Waals surface area contributed by atoms with Gasteiger partial charge in [-0.3, -0.25) is 0 Å². The molecule has 1 radical (unpaired) electrons. The molecule has 0 fully saturated rings. The molecule has 1 N–H and O–H groups in total. The van der Waals surface area contributed by atoms with Crippen LogP contribution in [-0.4, -0.2) is 12.7 Å². The molecule has 2 aromatic carbocycles. The lowest BCUT2D eigenvalue weighted by Crippen LogP contribution is -2.10. The fraction of sp³-hybridized carbons (Fsp3) is 0.286. The first kappa shape index (κ1) is 12.0. The van der Waals surface area contributed by atoms with Crippen molar-refractivity contribution in [1.29, 1.82) is 0 Å². The third kappa shape index (κ3) is 2.45. The molecule has 0 spiro atoms. The Morgan fingerprint density at radius 1 is 1.12 bits per heavy atom. The zero-order valence-electron chi connectivity index (χ0n) is 10.4. The Hall–Kier alpha value is -1.48. The topological polar surface area (TPSA) is 29.5 Å². The average molecular weight is 227 g/mol. The molecule has 0 amide bonds. The van der Waals surface area contributed by atoms with E-state index < -0.39 is 0 Å². The monoisotopic (exact) mass is 227 g/mol. The van der Waals surface area contributed by atoms with Gasteiger partial charge in [0.25, 0.3) is 0 Å². The van der Waals surface area contributed by atoms with Gasteiger partial charge in [0.1, 0.15) is 5.75 Å². The van der Waals surface area contributed by atoms with E-state index in [1.54, 1.807) is 0 Å². The predicted molar refractivity (Wildman–Crippen MR) is 71.2 cm³/mol. The molecule has 0 bridgehead atoms. The molecule has 2 nitrogen and oxygen atoms in total. The van der Waals surface area contributed by atoms with Crippen LogP contribution in [0, 0.1) is 0 Å². The van der Waals surface area contributed by atoms with E-state index in [0.717, 1.165) is 10.8 Å². The fourth-order valence-corrected chi connectivity index (χ4v) is 1.88. The van der Waals surface area contributed by atoms with Crippen LogP contribution in [0.3, 0.4) is 0 Å². The van der Waals surface area contributed by atoms with Gasteiger partial charge in [0, 0.05) is 5.39 Å². The van der Waals surface area contributed by atoms with Crippen LogP contribution in [0.4, 0.5) is 0 Å². The van der Waals surface area contributed by atoms with Crippen molar-refractivity contribution in [2.45, 2.75) is 26.2 Å².